The Balaban J connectivity index is 2.28. The van der Waals surface area contributed by atoms with E-state index >= 15 is 0 Å². The number of aryl methyl sites for hydroxylation is 3. The van der Waals surface area contributed by atoms with E-state index in [1.807, 2.05) is 13.8 Å². The molecule has 0 radical (unpaired) electrons. The van der Waals surface area contributed by atoms with E-state index in [1.165, 1.54) is 30.7 Å². The number of halogens is 4. The van der Waals surface area contributed by atoms with E-state index in [2.05, 4.69) is 13.0 Å². The van der Waals surface area contributed by atoms with Crippen molar-refractivity contribution in [2.24, 2.45) is 0 Å². The van der Waals surface area contributed by atoms with Crippen LogP contribution in [-0.2, 0) is 12.3 Å². The average Bonchev–Trinajstić information content (AvgIpc) is 3.21. The summed E-state index contributed by atoms with van der Waals surface area (Å²) in [4.78, 5) is 3.05. The molecule has 29 heavy (non-hydrogen) atoms. The topological polar surface area (TPSA) is 0 Å². The van der Waals surface area contributed by atoms with Crippen molar-refractivity contribution in [3.8, 4) is 9.75 Å². The van der Waals surface area contributed by atoms with E-state index in [0.717, 1.165) is 47.4 Å². The number of hydrogen-bond acceptors (Lipinski definition) is 2. The molecule has 6 heteroatoms. The third-order valence-corrected chi connectivity index (χ3v) is 7.59. The van der Waals surface area contributed by atoms with Crippen molar-refractivity contribution in [1.82, 2.24) is 0 Å². The Morgan fingerprint density at radius 3 is 2.14 bits per heavy atom. The molecule has 0 aromatic carbocycles. The van der Waals surface area contributed by atoms with Gasteiger partial charge in [-0.15, -0.1) is 22.7 Å². The van der Waals surface area contributed by atoms with E-state index in [0.29, 0.717) is 11.3 Å². The van der Waals surface area contributed by atoms with Gasteiger partial charge in [0.2, 0.25) is 0 Å². The predicted molar refractivity (Wildman–Crippen MR) is 118 cm³/mol. The Labute approximate surface area is 180 Å². The van der Waals surface area contributed by atoms with Gasteiger partial charge in [0.25, 0.3) is 0 Å². The summed E-state index contributed by atoms with van der Waals surface area (Å²) in [5.41, 5.74) is 0.636. The second-order valence-corrected chi connectivity index (χ2v) is 10.4. The Morgan fingerprint density at radius 1 is 0.828 bits per heavy atom. The number of thiophene rings is 2. The monoisotopic (exact) mass is 448 g/mol. The minimum absolute atomic E-state index is 0.112. The second-order valence-electron chi connectivity index (χ2n) is 7.84. The summed E-state index contributed by atoms with van der Waals surface area (Å²) in [6.07, 6.45) is 6.03. The molecule has 0 saturated heterocycles. The van der Waals surface area contributed by atoms with Gasteiger partial charge in [-0.2, -0.15) is 17.6 Å². The molecule has 2 aromatic heterocycles. The first-order valence-corrected chi connectivity index (χ1v) is 12.2. The summed E-state index contributed by atoms with van der Waals surface area (Å²) in [7, 11) is 0. The molecule has 2 rings (SSSR count). The summed E-state index contributed by atoms with van der Waals surface area (Å²) >= 11 is 2.77. The number of rotatable bonds is 12. The number of hydrogen-bond donors (Lipinski definition) is 0. The molecule has 0 unspecified atom stereocenters. The van der Waals surface area contributed by atoms with Crippen molar-refractivity contribution in [2.75, 3.05) is 0 Å². The maximum absolute atomic E-state index is 14.8. The fourth-order valence-corrected chi connectivity index (χ4v) is 5.81. The number of unbranched alkanes of at least 4 members (excludes halogenated alkanes) is 5. The molecule has 0 bridgehead atoms. The van der Waals surface area contributed by atoms with Gasteiger partial charge in [0.05, 0.1) is 0 Å². The van der Waals surface area contributed by atoms with Crippen molar-refractivity contribution in [1.29, 1.82) is 0 Å². The van der Waals surface area contributed by atoms with Crippen LogP contribution in [0.5, 0.6) is 0 Å². The molecule has 0 fully saturated rings. The second kappa shape index (κ2) is 10.4. The highest BCUT2D eigenvalue weighted by atomic mass is 32.1. The fourth-order valence-electron chi connectivity index (χ4n) is 3.56. The van der Waals surface area contributed by atoms with Gasteiger partial charge in [-0.1, -0.05) is 46.0 Å². The molecule has 164 valence electrons. The van der Waals surface area contributed by atoms with Crippen LogP contribution in [-0.4, -0.2) is 5.92 Å². The predicted octanol–water partition coefficient (Wildman–Crippen LogP) is 9.52. The van der Waals surface area contributed by atoms with Crippen molar-refractivity contribution < 1.29 is 17.6 Å². The first-order chi connectivity index (χ1) is 13.6. The zero-order valence-corrected chi connectivity index (χ0v) is 19.5. The first kappa shape index (κ1) is 24.4. The van der Waals surface area contributed by atoms with Crippen LogP contribution < -0.4 is 0 Å². The molecule has 0 N–H and O–H groups in total. The lowest BCUT2D eigenvalue weighted by Gasteiger charge is -2.26. The lowest BCUT2D eigenvalue weighted by atomic mass is 9.97. The smallest absolute Gasteiger partial charge is 0.199 e. The van der Waals surface area contributed by atoms with Crippen LogP contribution in [0.1, 0.15) is 86.1 Å². The van der Waals surface area contributed by atoms with Crippen molar-refractivity contribution >= 4 is 22.7 Å². The van der Waals surface area contributed by atoms with Crippen LogP contribution in [0.25, 0.3) is 9.75 Å². The Bertz CT molecular complexity index is 774. The Kier molecular flexibility index (Phi) is 8.77. The summed E-state index contributed by atoms with van der Waals surface area (Å²) in [6, 6.07) is 3.42. The summed E-state index contributed by atoms with van der Waals surface area (Å²) in [6.45, 7) is 7.56. The molecular formula is C23H32F4S2. The maximum atomic E-state index is 14.8. The van der Waals surface area contributed by atoms with Crippen LogP contribution >= 0.6 is 22.7 Å². The third-order valence-electron chi connectivity index (χ3n) is 5.27. The molecule has 0 spiro atoms. The highest BCUT2D eigenvalue weighted by molar-refractivity contribution is 7.22. The van der Waals surface area contributed by atoms with Gasteiger partial charge in [-0.3, -0.25) is 0 Å². The lowest BCUT2D eigenvalue weighted by Crippen LogP contribution is -2.38. The van der Waals surface area contributed by atoms with E-state index < -0.39 is 23.8 Å². The van der Waals surface area contributed by atoms with E-state index in [-0.39, 0.29) is 11.3 Å². The van der Waals surface area contributed by atoms with E-state index in [1.54, 1.807) is 11.3 Å². The minimum atomic E-state index is -4.15. The van der Waals surface area contributed by atoms with Crippen molar-refractivity contribution in [3.63, 3.8) is 0 Å². The molecule has 0 nitrogen and oxygen atoms in total. The number of alkyl halides is 4. The molecule has 0 aliphatic rings. The zero-order valence-electron chi connectivity index (χ0n) is 17.8. The quantitative estimate of drug-likeness (QED) is 0.224. The Hall–Kier alpha value is -0.880. The minimum Gasteiger partial charge on any atom is -0.199 e. The van der Waals surface area contributed by atoms with Crippen molar-refractivity contribution in [3.05, 3.63) is 33.0 Å². The molecule has 0 atom stereocenters. The lowest BCUT2D eigenvalue weighted by molar-refractivity contribution is -0.219. The van der Waals surface area contributed by atoms with E-state index in [9.17, 15) is 17.6 Å². The molecule has 2 heterocycles. The molecule has 0 aliphatic heterocycles. The highest BCUT2D eigenvalue weighted by Crippen LogP contribution is 2.50. The Morgan fingerprint density at radius 2 is 1.48 bits per heavy atom. The van der Waals surface area contributed by atoms with Crippen molar-refractivity contribution in [2.45, 2.75) is 97.3 Å². The summed E-state index contributed by atoms with van der Waals surface area (Å²) < 4.78 is 58.4. The van der Waals surface area contributed by atoms with Crippen LogP contribution in [0.3, 0.4) is 0 Å². The summed E-state index contributed by atoms with van der Waals surface area (Å²) in [5, 5.41) is 0. The average molecular weight is 449 g/mol. The van der Waals surface area contributed by atoms with Gasteiger partial charge >= 0.3 is 11.8 Å². The molecule has 2 aromatic rings. The normalized spacial score (nSPS) is 12.7. The van der Waals surface area contributed by atoms with Gasteiger partial charge in [0, 0.05) is 31.5 Å². The summed E-state index contributed by atoms with van der Waals surface area (Å²) in [5.74, 6) is -8.17. The van der Waals surface area contributed by atoms with Gasteiger partial charge in [0.1, 0.15) is 0 Å². The molecule has 0 saturated carbocycles. The van der Waals surface area contributed by atoms with Gasteiger partial charge < -0.3 is 0 Å². The van der Waals surface area contributed by atoms with Gasteiger partial charge in [-0.25, -0.2) is 0 Å². The first-order valence-electron chi connectivity index (χ1n) is 10.6. The SMILES string of the molecule is CCCCCCc1cc(C)sc1-c1cc(C(F)(F)C(F)(F)CCCCC)c(C)s1. The molecular weight excluding hydrogens is 416 g/mol. The zero-order chi connectivity index (χ0) is 21.7. The maximum Gasteiger partial charge on any atom is 0.336 e. The van der Waals surface area contributed by atoms with Crippen LogP contribution in [0, 0.1) is 13.8 Å². The van der Waals surface area contributed by atoms with Gasteiger partial charge in [-0.05, 0) is 50.8 Å². The fraction of sp³-hybridized carbons (Fsp3) is 0.652. The molecule has 0 aliphatic carbocycles. The van der Waals surface area contributed by atoms with Crippen LogP contribution in [0.4, 0.5) is 17.6 Å². The van der Waals surface area contributed by atoms with E-state index in [4.69, 9.17) is 0 Å². The van der Waals surface area contributed by atoms with Gasteiger partial charge in [0.15, 0.2) is 0 Å². The standard InChI is InChI=1S/C23H32F4S2/c1-5-7-9-10-12-18-14-16(3)28-21(18)20-15-19(17(4)29-20)23(26,27)22(24,25)13-11-8-6-2/h14-15H,5-13H2,1-4H3. The third kappa shape index (κ3) is 5.84. The van der Waals surface area contributed by atoms with Crippen LogP contribution in [0.15, 0.2) is 12.1 Å². The largest absolute Gasteiger partial charge is 0.336 e. The molecule has 0 amide bonds. The van der Waals surface area contributed by atoms with Crippen LogP contribution in [0.2, 0.25) is 0 Å². The highest BCUT2D eigenvalue weighted by Gasteiger charge is 2.57.